The topological polar surface area (TPSA) is 110 Å². The van der Waals surface area contributed by atoms with Crippen molar-refractivity contribution in [2.45, 2.75) is 30.7 Å². The van der Waals surface area contributed by atoms with Crippen LogP contribution in [0.5, 0.6) is 0 Å². The first-order valence-corrected chi connectivity index (χ1v) is 7.63. The van der Waals surface area contributed by atoms with Crippen molar-refractivity contribution in [1.82, 2.24) is 4.72 Å². The maximum absolute atomic E-state index is 12.1. The molecule has 0 aliphatic carbocycles. The first-order chi connectivity index (χ1) is 9.76. The summed E-state index contributed by atoms with van der Waals surface area (Å²) in [6.45, 7) is 1.73. The van der Waals surface area contributed by atoms with Gasteiger partial charge in [0, 0.05) is 6.42 Å². The number of hydrogen-bond acceptors (Lipinski definition) is 5. The summed E-state index contributed by atoms with van der Waals surface area (Å²) >= 11 is 0. The maximum atomic E-state index is 12.1. The lowest BCUT2D eigenvalue weighted by molar-refractivity contribution is -0.142. The molecule has 0 radical (unpaired) electrons. The van der Waals surface area contributed by atoms with E-state index >= 15 is 0 Å². The number of carbonyl (C=O) groups is 2. The van der Waals surface area contributed by atoms with Crippen molar-refractivity contribution >= 4 is 22.0 Å². The zero-order valence-electron chi connectivity index (χ0n) is 11.7. The molecule has 0 saturated heterocycles. The smallest absolute Gasteiger partial charge is 0.321 e. The number of hydrogen-bond donors (Lipinski definition) is 2. The molecule has 0 fully saturated rings. The Kier molecular flexibility index (Phi) is 5.86. The number of carbonyl (C=O) groups excluding carboxylic acids is 1. The van der Waals surface area contributed by atoms with Gasteiger partial charge in [-0.05, 0) is 31.0 Å². The number of methoxy groups -OCH3 is 1. The predicted molar refractivity (Wildman–Crippen MR) is 74.2 cm³/mol. The second-order valence-corrected chi connectivity index (χ2v) is 6.16. The fourth-order valence-electron chi connectivity index (χ4n) is 1.63. The van der Waals surface area contributed by atoms with Gasteiger partial charge in [0.2, 0.25) is 10.0 Å². The van der Waals surface area contributed by atoms with Gasteiger partial charge in [0.1, 0.15) is 6.04 Å². The van der Waals surface area contributed by atoms with Gasteiger partial charge < -0.3 is 9.84 Å². The highest BCUT2D eigenvalue weighted by molar-refractivity contribution is 7.89. The summed E-state index contributed by atoms with van der Waals surface area (Å²) in [6, 6.07) is 4.70. The molecule has 1 atom stereocenters. The van der Waals surface area contributed by atoms with E-state index in [1.807, 2.05) is 0 Å². The molecule has 1 aromatic carbocycles. The monoisotopic (exact) mass is 315 g/mol. The lowest BCUT2D eigenvalue weighted by Gasteiger charge is -2.14. The minimum Gasteiger partial charge on any atom is -0.480 e. The van der Waals surface area contributed by atoms with Gasteiger partial charge >= 0.3 is 11.9 Å². The van der Waals surface area contributed by atoms with Crippen LogP contribution < -0.4 is 4.72 Å². The van der Waals surface area contributed by atoms with Gasteiger partial charge in [0.25, 0.3) is 0 Å². The second kappa shape index (κ2) is 7.19. The minimum atomic E-state index is -3.96. The number of aliphatic carboxylic acids is 1. The number of benzene rings is 1. The number of ether oxygens (including phenoxy) is 1. The third-order valence-corrected chi connectivity index (χ3v) is 4.23. The summed E-state index contributed by atoms with van der Waals surface area (Å²) in [5.74, 6) is -1.95. The van der Waals surface area contributed by atoms with E-state index in [0.717, 1.165) is 5.56 Å². The van der Waals surface area contributed by atoms with E-state index in [1.165, 1.54) is 19.2 Å². The van der Waals surface area contributed by atoms with Gasteiger partial charge in [-0.1, -0.05) is 12.1 Å². The summed E-state index contributed by atoms with van der Waals surface area (Å²) in [5.41, 5.74) is 0.735. The number of aryl methyl sites for hydroxylation is 1. The van der Waals surface area contributed by atoms with Crippen LogP contribution in [0.3, 0.4) is 0 Å². The molecule has 1 aromatic rings. The predicted octanol–water partition coefficient (Wildman–Crippen LogP) is 0.680. The average molecular weight is 315 g/mol. The zero-order valence-corrected chi connectivity index (χ0v) is 12.5. The highest BCUT2D eigenvalue weighted by Gasteiger charge is 2.26. The Balaban J connectivity index is 2.87. The van der Waals surface area contributed by atoms with Crippen LogP contribution in [0.25, 0.3) is 0 Å². The maximum Gasteiger partial charge on any atom is 0.321 e. The Morgan fingerprint density at radius 3 is 2.57 bits per heavy atom. The van der Waals surface area contributed by atoms with Crippen LogP contribution in [0.2, 0.25) is 0 Å². The van der Waals surface area contributed by atoms with Gasteiger partial charge in [-0.25, -0.2) is 8.42 Å². The van der Waals surface area contributed by atoms with Crippen LogP contribution in [-0.4, -0.2) is 38.6 Å². The Morgan fingerprint density at radius 1 is 1.38 bits per heavy atom. The highest BCUT2D eigenvalue weighted by atomic mass is 32.2. The lowest BCUT2D eigenvalue weighted by atomic mass is 10.2. The molecule has 21 heavy (non-hydrogen) atoms. The normalized spacial score (nSPS) is 12.7. The first kappa shape index (κ1) is 17.1. The largest absolute Gasteiger partial charge is 0.480 e. The number of nitrogens with one attached hydrogen (secondary N) is 1. The van der Waals surface area contributed by atoms with E-state index in [2.05, 4.69) is 9.46 Å². The average Bonchev–Trinajstić information content (AvgIpc) is 2.42. The minimum absolute atomic E-state index is 0.0215. The molecule has 2 N–H and O–H groups in total. The van der Waals surface area contributed by atoms with Crippen LogP contribution >= 0.6 is 0 Å². The van der Waals surface area contributed by atoms with Gasteiger partial charge in [-0.2, -0.15) is 4.72 Å². The number of carboxylic acids is 1. The van der Waals surface area contributed by atoms with E-state index in [0.29, 0.717) is 0 Å². The molecule has 0 unspecified atom stereocenters. The van der Waals surface area contributed by atoms with Crippen LogP contribution in [-0.2, 0) is 24.3 Å². The fraction of sp³-hybridized carbons (Fsp3) is 0.385. The molecule has 1 rings (SSSR count). The molecule has 8 heteroatoms. The van der Waals surface area contributed by atoms with Crippen LogP contribution in [0.1, 0.15) is 18.4 Å². The molecule has 0 spiro atoms. The van der Waals surface area contributed by atoms with E-state index in [9.17, 15) is 18.0 Å². The van der Waals surface area contributed by atoms with Gasteiger partial charge in [0.05, 0.1) is 12.0 Å². The van der Waals surface area contributed by atoms with Crippen molar-refractivity contribution in [3.05, 3.63) is 29.8 Å². The Hall–Kier alpha value is -1.93. The van der Waals surface area contributed by atoms with Crippen LogP contribution in [0.15, 0.2) is 29.2 Å². The molecule has 0 heterocycles. The molecule has 0 aliphatic rings. The zero-order chi connectivity index (χ0) is 16.0. The standard InChI is InChI=1S/C13H17NO6S/c1-9-4-3-5-10(8-9)21(18,19)14-11(13(16)17)6-7-12(15)20-2/h3-5,8,11,14H,6-7H2,1-2H3,(H,16,17)/t11-/m1/s1. The van der Waals surface area contributed by atoms with E-state index in [-0.39, 0.29) is 17.7 Å². The molecular weight excluding hydrogens is 298 g/mol. The quantitative estimate of drug-likeness (QED) is 0.716. The summed E-state index contributed by atoms with van der Waals surface area (Å²) in [6.07, 6.45) is -0.378. The first-order valence-electron chi connectivity index (χ1n) is 6.15. The second-order valence-electron chi connectivity index (χ2n) is 4.44. The Labute approximate surface area is 123 Å². The molecule has 0 saturated carbocycles. The Morgan fingerprint density at radius 2 is 2.05 bits per heavy atom. The summed E-state index contributed by atoms with van der Waals surface area (Å²) in [4.78, 5) is 22.1. The number of sulfonamides is 1. The van der Waals surface area contributed by atoms with E-state index in [4.69, 9.17) is 5.11 Å². The van der Waals surface area contributed by atoms with Crippen LogP contribution in [0.4, 0.5) is 0 Å². The number of carboxylic acid groups (broad SMARTS) is 1. The van der Waals surface area contributed by atoms with Crippen molar-refractivity contribution in [2.24, 2.45) is 0 Å². The number of esters is 1. The van der Waals surface area contributed by atoms with Gasteiger partial charge in [0.15, 0.2) is 0 Å². The number of rotatable bonds is 7. The van der Waals surface area contributed by atoms with Crippen molar-refractivity contribution < 1.29 is 27.9 Å². The third kappa shape index (κ3) is 5.16. The summed E-state index contributed by atoms with van der Waals surface area (Å²) in [5, 5.41) is 9.04. The molecule has 0 bridgehead atoms. The van der Waals surface area contributed by atoms with E-state index < -0.39 is 28.0 Å². The summed E-state index contributed by atoms with van der Waals surface area (Å²) in [7, 11) is -2.79. The van der Waals surface area contributed by atoms with E-state index in [1.54, 1.807) is 19.1 Å². The van der Waals surface area contributed by atoms with Crippen LogP contribution in [0, 0.1) is 6.92 Å². The molecule has 0 aromatic heterocycles. The SMILES string of the molecule is COC(=O)CC[C@@H](NS(=O)(=O)c1cccc(C)c1)C(=O)O. The molecule has 116 valence electrons. The molecule has 0 amide bonds. The molecule has 7 nitrogen and oxygen atoms in total. The highest BCUT2D eigenvalue weighted by Crippen LogP contribution is 2.12. The Bertz CT molecular complexity index is 625. The van der Waals surface area contributed by atoms with Crippen molar-refractivity contribution in [3.63, 3.8) is 0 Å². The fourth-order valence-corrected chi connectivity index (χ4v) is 2.96. The lowest BCUT2D eigenvalue weighted by Crippen LogP contribution is -2.41. The van der Waals surface area contributed by atoms with Crippen molar-refractivity contribution in [3.8, 4) is 0 Å². The molecular formula is C13H17NO6S. The van der Waals surface area contributed by atoms with Gasteiger partial charge in [-0.3, -0.25) is 9.59 Å². The molecule has 0 aliphatic heterocycles. The summed E-state index contributed by atoms with van der Waals surface area (Å²) < 4.78 is 30.7. The third-order valence-electron chi connectivity index (χ3n) is 2.76. The van der Waals surface area contributed by atoms with Gasteiger partial charge in [-0.15, -0.1) is 0 Å². The van der Waals surface area contributed by atoms with Crippen molar-refractivity contribution in [1.29, 1.82) is 0 Å². The van der Waals surface area contributed by atoms with Crippen molar-refractivity contribution in [2.75, 3.05) is 7.11 Å².